The molecule has 0 aliphatic carbocycles. The molecule has 0 amide bonds. The molecule has 0 aromatic rings. The van der Waals surface area contributed by atoms with E-state index in [2.05, 4.69) is 13.8 Å². The third-order valence-electron chi connectivity index (χ3n) is 3.39. The van der Waals surface area contributed by atoms with E-state index in [4.69, 9.17) is 9.47 Å². The zero-order valence-corrected chi connectivity index (χ0v) is 11.0. The first-order chi connectivity index (χ1) is 7.88. The largest absolute Gasteiger partial charge is 0.350 e. The molecular formula is C14H28O2. The zero-order valence-electron chi connectivity index (χ0n) is 11.0. The smallest absolute Gasteiger partial charge is 0.160 e. The SMILES string of the molecule is CCCCCCC(CCCC)C1OCCO1. The minimum absolute atomic E-state index is 0.105. The summed E-state index contributed by atoms with van der Waals surface area (Å²) in [6, 6.07) is 0. The Morgan fingerprint density at radius 3 is 2.12 bits per heavy atom. The van der Waals surface area contributed by atoms with Crippen molar-refractivity contribution < 1.29 is 9.47 Å². The maximum Gasteiger partial charge on any atom is 0.160 e. The molecule has 1 rings (SSSR count). The van der Waals surface area contributed by atoms with Gasteiger partial charge in [0, 0.05) is 5.92 Å². The molecule has 0 aromatic carbocycles. The van der Waals surface area contributed by atoms with Crippen molar-refractivity contribution in [2.24, 2.45) is 5.92 Å². The van der Waals surface area contributed by atoms with Gasteiger partial charge < -0.3 is 9.47 Å². The van der Waals surface area contributed by atoms with Crippen LogP contribution < -0.4 is 0 Å². The van der Waals surface area contributed by atoms with E-state index in [-0.39, 0.29) is 6.29 Å². The van der Waals surface area contributed by atoms with Crippen molar-refractivity contribution in [3.8, 4) is 0 Å². The lowest BCUT2D eigenvalue weighted by Crippen LogP contribution is -2.21. The van der Waals surface area contributed by atoms with Crippen molar-refractivity contribution >= 4 is 0 Å². The third kappa shape index (κ3) is 5.31. The van der Waals surface area contributed by atoms with Gasteiger partial charge in [0.2, 0.25) is 0 Å². The quantitative estimate of drug-likeness (QED) is 0.552. The predicted molar refractivity (Wildman–Crippen MR) is 67.5 cm³/mol. The van der Waals surface area contributed by atoms with E-state index in [9.17, 15) is 0 Å². The average molecular weight is 228 g/mol. The molecule has 0 N–H and O–H groups in total. The van der Waals surface area contributed by atoms with E-state index in [0.717, 1.165) is 13.2 Å². The summed E-state index contributed by atoms with van der Waals surface area (Å²) in [5, 5.41) is 0. The fourth-order valence-electron chi connectivity index (χ4n) is 2.36. The van der Waals surface area contributed by atoms with Crippen LogP contribution in [-0.4, -0.2) is 19.5 Å². The first-order valence-electron chi connectivity index (χ1n) is 7.11. The molecule has 2 heteroatoms. The fraction of sp³-hybridized carbons (Fsp3) is 1.00. The normalized spacial score (nSPS) is 19.1. The Labute approximate surface area is 101 Å². The molecule has 0 radical (unpaired) electrons. The van der Waals surface area contributed by atoms with Crippen LogP contribution in [-0.2, 0) is 9.47 Å². The van der Waals surface area contributed by atoms with E-state index < -0.39 is 0 Å². The highest BCUT2D eigenvalue weighted by molar-refractivity contribution is 4.67. The van der Waals surface area contributed by atoms with Crippen molar-refractivity contribution in [1.29, 1.82) is 0 Å². The molecule has 0 aromatic heterocycles. The van der Waals surface area contributed by atoms with Crippen LogP contribution in [0.5, 0.6) is 0 Å². The first-order valence-corrected chi connectivity index (χ1v) is 7.11. The highest BCUT2D eigenvalue weighted by Crippen LogP contribution is 2.25. The Hall–Kier alpha value is -0.0800. The third-order valence-corrected chi connectivity index (χ3v) is 3.39. The molecular weight excluding hydrogens is 200 g/mol. The standard InChI is InChI=1S/C14H28O2/c1-3-5-7-8-10-13(9-6-4-2)14-15-11-12-16-14/h13-14H,3-12H2,1-2H3. The predicted octanol–water partition coefficient (Wildman–Crippen LogP) is 4.14. The lowest BCUT2D eigenvalue weighted by Gasteiger charge is -2.22. The van der Waals surface area contributed by atoms with Gasteiger partial charge in [0.05, 0.1) is 13.2 Å². The Bertz CT molecular complexity index is 153. The van der Waals surface area contributed by atoms with Gasteiger partial charge in [-0.2, -0.15) is 0 Å². The van der Waals surface area contributed by atoms with Crippen LogP contribution in [0.15, 0.2) is 0 Å². The van der Waals surface area contributed by atoms with Crippen LogP contribution in [0.2, 0.25) is 0 Å². The summed E-state index contributed by atoms with van der Waals surface area (Å²) in [4.78, 5) is 0. The highest BCUT2D eigenvalue weighted by atomic mass is 16.7. The van der Waals surface area contributed by atoms with Gasteiger partial charge in [-0.15, -0.1) is 0 Å². The summed E-state index contributed by atoms with van der Waals surface area (Å²) in [6.07, 6.45) is 10.6. The number of rotatable bonds is 9. The molecule has 1 unspecified atom stereocenters. The molecule has 1 fully saturated rings. The molecule has 0 saturated carbocycles. The summed E-state index contributed by atoms with van der Waals surface area (Å²) < 4.78 is 11.3. The summed E-state index contributed by atoms with van der Waals surface area (Å²) in [5.41, 5.74) is 0. The second-order valence-corrected chi connectivity index (χ2v) is 4.86. The summed E-state index contributed by atoms with van der Waals surface area (Å²) in [5.74, 6) is 0.638. The zero-order chi connectivity index (χ0) is 11.6. The van der Waals surface area contributed by atoms with Gasteiger partial charge >= 0.3 is 0 Å². The Morgan fingerprint density at radius 2 is 1.50 bits per heavy atom. The van der Waals surface area contributed by atoms with Crippen molar-refractivity contribution in [3.05, 3.63) is 0 Å². The molecule has 1 atom stereocenters. The molecule has 16 heavy (non-hydrogen) atoms. The van der Waals surface area contributed by atoms with Crippen LogP contribution in [0.25, 0.3) is 0 Å². The van der Waals surface area contributed by atoms with Crippen molar-refractivity contribution in [2.45, 2.75) is 71.5 Å². The van der Waals surface area contributed by atoms with Crippen molar-refractivity contribution in [2.75, 3.05) is 13.2 Å². The number of hydrogen-bond acceptors (Lipinski definition) is 2. The molecule has 1 aliphatic rings. The van der Waals surface area contributed by atoms with Crippen LogP contribution in [0, 0.1) is 5.92 Å². The van der Waals surface area contributed by atoms with Gasteiger partial charge in [-0.05, 0) is 12.8 Å². The van der Waals surface area contributed by atoms with Gasteiger partial charge in [-0.3, -0.25) is 0 Å². The Morgan fingerprint density at radius 1 is 0.875 bits per heavy atom. The second kappa shape index (κ2) is 9.00. The maximum absolute atomic E-state index is 5.65. The fourth-order valence-corrected chi connectivity index (χ4v) is 2.36. The molecule has 96 valence electrons. The van der Waals surface area contributed by atoms with Gasteiger partial charge in [0.25, 0.3) is 0 Å². The average Bonchev–Trinajstić information content (AvgIpc) is 2.82. The maximum atomic E-state index is 5.65. The van der Waals surface area contributed by atoms with E-state index in [1.165, 1.54) is 51.4 Å². The summed E-state index contributed by atoms with van der Waals surface area (Å²) in [7, 11) is 0. The molecule has 1 saturated heterocycles. The first kappa shape index (κ1) is 14.0. The number of ether oxygens (including phenoxy) is 2. The number of unbranched alkanes of at least 4 members (excludes halogenated alkanes) is 4. The van der Waals surface area contributed by atoms with Crippen LogP contribution in [0.4, 0.5) is 0 Å². The molecule has 2 nitrogen and oxygen atoms in total. The number of hydrogen-bond donors (Lipinski definition) is 0. The Balaban J connectivity index is 2.19. The minimum Gasteiger partial charge on any atom is -0.350 e. The lowest BCUT2D eigenvalue weighted by atomic mass is 9.94. The van der Waals surface area contributed by atoms with Gasteiger partial charge in [-0.25, -0.2) is 0 Å². The van der Waals surface area contributed by atoms with Crippen molar-refractivity contribution in [3.63, 3.8) is 0 Å². The lowest BCUT2D eigenvalue weighted by molar-refractivity contribution is -0.0884. The topological polar surface area (TPSA) is 18.5 Å². The van der Waals surface area contributed by atoms with E-state index in [1.807, 2.05) is 0 Å². The van der Waals surface area contributed by atoms with Gasteiger partial charge in [-0.1, -0.05) is 52.4 Å². The monoisotopic (exact) mass is 228 g/mol. The highest BCUT2D eigenvalue weighted by Gasteiger charge is 2.25. The van der Waals surface area contributed by atoms with E-state index in [0.29, 0.717) is 5.92 Å². The molecule has 1 aliphatic heterocycles. The molecule has 1 heterocycles. The van der Waals surface area contributed by atoms with Crippen molar-refractivity contribution in [1.82, 2.24) is 0 Å². The Kier molecular flexibility index (Phi) is 7.87. The van der Waals surface area contributed by atoms with E-state index >= 15 is 0 Å². The van der Waals surface area contributed by atoms with Gasteiger partial charge in [0.1, 0.15) is 0 Å². The van der Waals surface area contributed by atoms with Gasteiger partial charge in [0.15, 0.2) is 6.29 Å². The molecule has 0 bridgehead atoms. The second-order valence-electron chi connectivity index (χ2n) is 4.86. The van der Waals surface area contributed by atoms with E-state index in [1.54, 1.807) is 0 Å². The van der Waals surface area contributed by atoms with Crippen LogP contribution in [0.3, 0.4) is 0 Å². The summed E-state index contributed by atoms with van der Waals surface area (Å²) >= 11 is 0. The minimum atomic E-state index is 0.105. The van der Waals surface area contributed by atoms with Crippen LogP contribution in [0.1, 0.15) is 65.2 Å². The van der Waals surface area contributed by atoms with Crippen LogP contribution >= 0.6 is 0 Å². The summed E-state index contributed by atoms with van der Waals surface area (Å²) in [6.45, 7) is 6.10. The molecule has 0 spiro atoms.